The molecule has 1 aliphatic heterocycles. The van der Waals surface area contributed by atoms with Gasteiger partial charge in [0.25, 0.3) is 5.91 Å². The van der Waals surface area contributed by atoms with Crippen LogP contribution in [0.3, 0.4) is 0 Å². The Bertz CT molecular complexity index is 1170. The van der Waals surface area contributed by atoms with Crippen LogP contribution in [-0.4, -0.2) is 41.0 Å². The van der Waals surface area contributed by atoms with Gasteiger partial charge in [0.2, 0.25) is 0 Å². The van der Waals surface area contributed by atoms with Gasteiger partial charge in [0.1, 0.15) is 11.9 Å². The Labute approximate surface area is 196 Å². The molecule has 174 valence electrons. The van der Waals surface area contributed by atoms with Gasteiger partial charge in [-0.2, -0.15) is 0 Å². The number of benzene rings is 2. The number of hydrogen-bond acceptors (Lipinski definition) is 7. The Hall–Kier alpha value is -4.40. The number of rotatable bonds is 8. The van der Waals surface area contributed by atoms with Crippen molar-refractivity contribution >= 4 is 29.2 Å². The second kappa shape index (κ2) is 11.0. The summed E-state index contributed by atoms with van der Waals surface area (Å²) in [4.78, 5) is 32.7. The van der Waals surface area contributed by atoms with E-state index in [1.54, 1.807) is 73.1 Å². The second-order valence-electron chi connectivity index (χ2n) is 7.65. The summed E-state index contributed by atoms with van der Waals surface area (Å²) in [6, 6.07) is 17.4. The van der Waals surface area contributed by atoms with Gasteiger partial charge >= 0.3 is 5.97 Å². The fourth-order valence-electron chi connectivity index (χ4n) is 3.43. The highest BCUT2D eigenvalue weighted by Gasteiger charge is 2.20. The predicted molar refractivity (Wildman–Crippen MR) is 129 cm³/mol. The topological polar surface area (TPSA) is 125 Å². The van der Waals surface area contributed by atoms with Crippen LogP contribution >= 0.6 is 0 Å². The third-order valence-electron chi connectivity index (χ3n) is 5.13. The molecule has 0 radical (unpaired) electrons. The number of anilines is 2. The average Bonchev–Trinajstić information content (AvgIpc) is 2.86. The van der Waals surface area contributed by atoms with Crippen LogP contribution in [0.15, 0.2) is 78.0 Å². The zero-order chi connectivity index (χ0) is 23.8. The van der Waals surface area contributed by atoms with Gasteiger partial charge in [-0.25, -0.2) is 0 Å². The van der Waals surface area contributed by atoms with E-state index < -0.39 is 12.1 Å². The van der Waals surface area contributed by atoms with Crippen LogP contribution in [0.4, 0.5) is 11.4 Å². The number of aliphatic carboxylic acids is 1. The Morgan fingerprint density at radius 1 is 1.09 bits per heavy atom. The van der Waals surface area contributed by atoms with Crippen molar-refractivity contribution in [3.05, 3.63) is 84.2 Å². The fourth-order valence-corrected chi connectivity index (χ4v) is 3.43. The van der Waals surface area contributed by atoms with E-state index >= 15 is 0 Å². The second-order valence-corrected chi connectivity index (χ2v) is 7.65. The molecule has 4 rings (SSSR count). The van der Waals surface area contributed by atoms with E-state index in [1.165, 1.54) is 0 Å². The highest BCUT2D eigenvalue weighted by molar-refractivity contribution is 6.05. The third kappa shape index (κ3) is 6.10. The van der Waals surface area contributed by atoms with Crippen molar-refractivity contribution in [1.29, 1.82) is 0 Å². The van der Waals surface area contributed by atoms with Gasteiger partial charge < -0.3 is 25.8 Å². The maximum absolute atomic E-state index is 12.9. The van der Waals surface area contributed by atoms with Gasteiger partial charge in [0.15, 0.2) is 5.96 Å². The lowest BCUT2D eigenvalue weighted by molar-refractivity contribution is -0.138. The molecule has 1 amide bonds. The number of pyridine rings is 1. The molecule has 0 bridgehead atoms. The molecule has 2 aromatic carbocycles. The molecular weight excluding hydrogens is 434 g/mol. The first kappa shape index (κ1) is 22.8. The van der Waals surface area contributed by atoms with Gasteiger partial charge in [0, 0.05) is 42.3 Å². The first-order chi connectivity index (χ1) is 16.6. The van der Waals surface area contributed by atoms with Crippen LogP contribution in [0.2, 0.25) is 0 Å². The highest BCUT2D eigenvalue weighted by Crippen LogP contribution is 2.31. The number of carboxylic acid groups (broad SMARTS) is 1. The number of guanidine groups is 1. The minimum Gasteiger partial charge on any atom is -0.483 e. The number of amides is 1. The number of carbonyl (C=O) groups is 2. The number of aliphatic imine (C=N–C) groups is 1. The molecule has 0 saturated heterocycles. The average molecular weight is 460 g/mol. The lowest BCUT2D eigenvalue weighted by atomic mass is 10.1. The van der Waals surface area contributed by atoms with Crippen LogP contribution in [0.1, 0.15) is 34.9 Å². The lowest BCUT2D eigenvalue weighted by Gasteiger charge is -2.20. The van der Waals surface area contributed by atoms with Gasteiger partial charge in [-0.05, 0) is 48.9 Å². The summed E-state index contributed by atoms with van der Waals surface area (Å²) in [6.45, 7) is 1.66. The Morgan fingerprint density at radius 3 is 2.62 bits per heavy atom. The van der Waals surface area contributed by atoms with Crippen LogP contribution in [0, 0.1) is 0 Å². The van der Waals surface area contributed by atoms with Crippen LogP contribution < -0.4 is 20.7 Å². The summed E-state index contributed by atoms with van der Waals surface area (Å²) in [5, 5.41) is 18.6. The van der Waals surface area contributed by atoms with Crippen molar-refractivity contribution in [2.75, 3.05) is 23.7 Å². The molecule has 34 heavy (non-hydrogen) atoms. The quantitative estimate of drug-likeness (QED) is 0.405. The Balaban J connectivity index is 1.46. The van der Waals surface area contributed by atoms with Crippen molar-refractivity contribution in [1.82, 2.24) is 10.3 Å². The van der Waals surface area contributed by atoms with Crippen molar-refractivity contribution < 1.29 is 19.4 Å². The number of hydrogen-bond donors (Lipinski definition) is 4. The summed E-state index contributed by atoms with van der Waals surface area (Å²) in [5.41, 5.74) is 2.36. The van der Waals surface area contributed by atoms with Gasteiger partial charge in [-0.3, -0.25) is 19.6 Å². The number of para-hydroxylation sites is 2. The van der Waals surface area contributed by atoms with E-state index in [-0.39, 0.29) is 12.3 Å². The lowest BCUT2D eigenvalue weighted by Crippen LogP contribution is -2.35. The van der Waals surface area contributed by atoms with Crippen molar-refractivity contribution in [2.24, 2.45) is 4.99 Å². The molecule has 0 spiro atoms. The first-order valence-corrected chi connectivity index (χ1v) is 10.9. The number of ether oxygens (including phenoxy) is 1. The molecule has 3 aromatic rings. The smallest absolute Gasteiger partial charge is 0.307 e. The predicted octanol–water partition coefficient (Wildman–Crippen LogP) is 3.69. The largest absolute Gasteiger partial charge is 0.483 e. The summed E-state index contributed by atoms with van der Waals surface area (Å²) < 4.78 is 6.02. The van der Waals surface area contributed by atoms with Gasteiger partial charge in [0.05, 0.1) is 12.1 Å². The third-order valence-corrected chi connectivity index (χ3v) is 5.13. The summed E-state index contributed by atoms with van der Waals surface area (Å²) in [7, 11) is 0. The van der Waals surface area contributed by atoms with Crippen molar-refractivity contribution in [3.63, 3.8) is 0 Å². The minimum atomic E-state index is -1.00. The van der Waals surface area contributed by atoms with E-state index in [9.17, 15) is 14.7 Å². The zero-order valence-electron chi connectivity index (χ0n) is 18.4. The van der Waals surface area contributed by atoms with Gasteiger partial charge in [-0.1, -0.05) is 18.2 Å². The molecule has 0 saturated carbocycles. The van der Waals surface area contributed by atoms with Crippen LogP contribution in [-0.2, 0) is 4.79 Å². The summed E-state index contributed by atoms with van der Waals surface area (Å²) in [5.74, 6) is -0.227. The van der Waals surface area contributed by atoms with E-state index in [0.717, 1.165) is 31.2 Å². The monoisotopic (exact) mass is 459 g/mol. The minimum absolute atomic E-state index is 0.247. The van der Waals surface area contributed by atoms with E-state index in [2.05, 4.69) is 25.9 Å². The molecule has 9 nitrogen and oxygen atoms in total. The number of nitrogens with zero attached hydrogens (tertiary/aromatic N) is 2. The number of carbonyl (C=O) groups excluding carboxylic acids is 1. The molecule has 9 heteroatoms. The maximum atomic E-state index is 12.9. The van der Waals surface area contributed by atoms with Crippen molar-refractivity contribution in [3.8, 4) is 5.75 Å². The van der Waals surface area contributed by atoms with Gasteiger partial charge in [-0.15, -0.1) is 0 Å². The normalized spacial score (nSPS) is 13.7. The molecule has 1 aromatic heterocycles. The summed E-state index contributed by atoms with van der Waals surface area (Å²) >= 11 is 0. The molecule has 2 heterocycles. The highest BCUT2D eigenvalue weighted by atomic mass is 16.5. The van der Waals surface area contributed by atoms with E-state index in [1.807, 2.05) is 0 Å². The molecule has 1 unspecified atom stereocenters. The fraction of sp³-hybridized carbons (Fsp3) is 0.200. The molecule has 0 aliphatic carbocycles. The number of nitrogens with one attached hydrogen (secondary N) is 3. The maximum Gasteiger partial charge on any atom is 0.307 e. The zero-order valence-corrected chi connectivity index (χ0v) is 18.4. The van der Waals surface area contributed by atoms with Crippen molar-refractivity contribution in [2.45, 2.75) is 18.9 Å². The van der Waals surface area contributed by atoms with Crippen LogP contribution in [0.5, 0.6) is 5.75 Å². The number of carboxylic acids is 1. The first-order valence-electron chi connectivity index (χ1n) is 10.9. The number of aromatic nitrogens is 1. The standard InChI is InChI=1S/C25H25N5O4/c31-23(32)15-22(18-5-3-12-26-16-18)34-21-7-2-1-6-20(21)30-24(33)17-8-10-19(11-9-17)29-25-27-13-4-14-28-25/h1-3,5-12,16,22H,4,13-15H2,(H,30,33)(H,31,32)(H2,27,28,29). The molecule has 1 aliphatic rings. The molecule has 0 fully saturated rings. The Morgan fingerprint density at radius 2 is 1.91 bits per heavy atom. The SMILES string of the molecule is O=C(O)CC(Oc1ccccc1NC(=O)c1ccc(NC2=NCCCN2)cc1)c1cccnc1. The van der Waals surface area contributed by atoms with E-state index in [4.69, 9.17) is 4.74 Å². The molecule has 4 N–H and O–H groups in total. The summed E-state index contributed by atoms with van der Waals surface area (Å²) in [6.07, 6.45) is 3.18. The Kier molecular flexibility index (Phi) is 7.34. The van der Waals surface area contributed by atoms with E-state index in [0.29, 0.717) is 22.6 Å². The molecule has 1 atom stereocenters. The van der Waals surface area contributed by atoms with Crippen LogP contribution in [0.25, 0.3) is 0 Å². The molecular formula is C25H25N5O4.